The predicted molar refractivity (Wildman–Crippen MR) is 137 cm³/mol. The number of rotatable bonds is 7. The molecule has 40 heavy (non-hydrogen) atoms. The molecule has 0 spiro atoms. The van der Waals surface area contributed by atoms with Crippen molar-refractivity contribution in [3.05, 3.63) is 64.9 Å². The van der Waals surface area contributed by atoms with E-state index < -0.39 is 41.9 Å². The molecule has 0 saturated carbocycles. The van der Waals surface area contributed by atoms with Crippen molar-refractivity contribution in [2.45, 2.75) is 50.3 Å². The Labute approximate surface area is 225 Å². The van der Waals surface area contributed by atoms with E-state index in [0.29, 0.717) is 5.69 Å². The molecule has 1 unspecified atom stereocenters. The first-order valence-corrected chi connectivity index (χ1v) is 13.0. The number of carbonyl (C=O) groups excluding carboxylic acids is 1. The van der Waals surface area contributed by atoms with Gasteiger partial charge in [-0.1, -0.05) is 12.1 Å². The number of fused-ring (bicyclic) bond motifs is 2. The Balaban J connectivity index is 1.13. The minimum absolute atomic E-state index is 0.0610. The summed E-state index contributed by atoms with van der Waals surface area (Å²) in [7, 11) is 0. The number of amides is 1. The third-order valence-electron chi connectivity index (χ3n) is 7.71. The number of alkyl halides is 2. The molecule has 2 aliphatic rings. The van der Waals surface area contributed by atoms with E-state index >= 15 is 0 Å². The molecule has 1 fully saturated rings. The normalized spacial score (nSPS) is 17.3. The highest BCUT2D eigenvalue weighted by Gasteiger charge is 2.36. The largest absolute Gasteiger partial charge is 0.388 e. The van der Waals surface area contributed by atoms with Crippen LogP contribution in [0.25, 0.3) is 16.9 Å². The van der Waals surface area contributed by atoms with Crippen molar-refractivity contribution in [2.75, 3.05) is 25.0 Å². The number of piperidine rings is 1. The van der Waals surface area contributed by atoms with Crippen molar-refractivity contribution in [1.82, 2.24) is 33.8 Å². The van der Waals surface area contributed by atoms with E-state index in [1.54, 1.807) is 6.20 Å². The molecule has 1 aromatic carbocycles. The highest BCUT2D eigenvalue weighted by Crippen LogP contribution is 2.29. The predicted octanol–water partition coefficient (Wildman–Crippen LogP) is 2.11. The van der Waals surface area contributed by atoms with Gasteiger partial charge < -0.3 is 15.3 Å². The Hall–Kier alpha value is -4.20. The summed E-state index contributed by atoms with van der Waals surface area (Å²) in [6.45, 7) is 1.05. The van der Waals surface area contributed by atoms with Crippen molar-refractivity contribution in [3.63, 3.8) is 0 Å². The van der Waals surface area contributed by atoms with Gasteiger partial charge >= 0.3 is 0 Å². The van der Waals surface area contributed by atoms with Crippen molar-refractivity contribution in [2.24, 2.45) is 0 Å². The SMILES string of the molecule is O=C(CC(C(F)F)n1ccc(F)n1)N1CCC(O)(Cn2cnn3c(-c4ccc5c(c4)NCC5)cnc3c2=O)CC1. The number of likely N-dealkylation sites (tertiary alicyclic amines) is 1. The fourth-order valence-electron chi connectivity index (χ4n) is 5.42. The number of hydrogen-bond donors (Lipinski definition) is 2. The summed E-state index contributed by atoms with van der Waals surface area (Å²) in [5.74, 6) is -1.45. The molecule has 14 heteroatoms. The maximum absolute atomic E-state index is 13.5. The smallest absolute Gasteiger partial charge is 0.296 e. The number of anilines is 1. The van der Waals surface area contributed by atoms with E-state index in [1.165, 1.54) is 25.9 Å². The molecule has 210 valence electrons. The molecule has 2 N–H and O–H groups in total. The van der Waals surface area contributed by atoms with Gasteiger partial charge in [0.1, 0.15) is 12.4 Å². The standard InChI is InChI=1S/C26H27F3N8O3/c27-21-4-8-36(33-21)19(23(28)29)12-22(38)34-9-5-26(40,6-10-34)14-35-15-32-37-20(13-31-24(37)25(35)39)17-2-1-16-3-7-30-18(16)11-17/h1-2,4,8,11,13,15,19,23,30,40H,3,5-7,9-10,12,14H2. The molecule has 0 radical (unpaired) electrons. The first-order chi connectivity index (χ1) is 19.2. The van der Waals surface area contributed by atoms with Gasteiger partial charge in [-0.25, -0.2) is 18.3 Å². The first kappa shape index (κ1) is 26.0. The van der Waals surface area contributed by atoms with E-state index in [4.69, 9.17) is 0 Å². The number of hydrogen-bond acceptors (Lipinski definition) is 7. The summed E-state index contributed by atoms with van der Waals surface area (Å²) in [5.41, 5.74) is 2.21. The van der Waals surface area contributed by atoms with Crippen molar-refractivity contribution >= 4 is 17.2 Å². The lowest BCUT2D eigenvalue weighted by Gasteiger charge is -2.38. The van der Waals surface area contributed by atoms with Gasteiger partial charge in [-0.15, -0.1) is 5.10 Å². The number of imidazole rings is 1. The van der Waals surface area contributed by atoms with Crippen LogP contribution in [0.15, 0.2) is 47.8 Å². The Kier molecular flexibility index (Phi) is 6.56. The lowest BCUT2D eigenvalue weighted by Crippen LogP contribution is -2.50. The maximum atomic E-state index is 13.5. The number of aromatic nitrogens is 6. The van der Waals surface area contributed by atoms with Gasteiger partial charge in [-0.2, -0.15) is 9.49 Å². The van der Waals surface area contributed by atoms with E-state index in [2.05, 4.69) is 20.5 Å². The number of benzene rings is 1. The van der Waals surface area contributed by atoms with Gasteiger partial charge in [0.25, 0.3) is 12.0 Å². The number of halogens is 3. The van der Waals surface area contributed by atoms with Crippen LogP contribution in [-0.4, -0.2) is 76.5 Å². The summed E-state index contributed by atoms with van der Waals surface area (Å²) in [6, 6.07) is 5.37. The van der Waals surface area contributed by atoms with E-state index in [1.807, 2.05) is 18.2 Å². The minimum atomic E-state index is -2.91. The summed E-state index contributed by atoms with van der Waals surface area (Å²) in [4.78, 5) is 31.6. The van der Waals surface area contributed by atoms with Gasteiger partial charge in [-0.05, 0) is 30.9 Å². The molecular weight excluding hydrogens is 529 g/mol. The molecule has 11 nitrogen and oxygen atoms in total. The van der Waals surface area contributed by atoms with Crippen LogP contribution in [0.1, 0.15) is 30.9 Å². The van der Waals surface area contributed by atoms with Crippen molar-refractivity contribution in [3.8, 4) is 11.3 Å². The van der Waals surface area contributed by atoms with Gasteiger partial charge in [-0.3, -0.25) is 18.8 Å². The zero-order valence-corrected chi connectivity index (χ0v) is 21.4. The molecule has 1 atom stereocenters. The van der Waals surface area contributed by atoms with Crippen LogP contribution >= 0.6 is 0 Å². The molecule has 5 heterocycles. The molecular formula is C26H27F3N8O3. The summed E-state index contributed by atoms with van der Waals surface area (Å²) in [5, 5.41) is 22.3. The van der Waals surface area contributed by atoms with E-state index in [9.17, 15) is 27.9 Å². The summed E-state index contributed by atoms with van der Waals surface area (Å²) in [6.07, 6.45) is 1.78. The van der Waals surface area contributed by atoms with Gasteiger partial charge in [0, 0.05) is 43.1 Å². The number of aliphatic hydroxyl groups is 1. The Bertz CT molecular complexity index is 1620. The average molecular weight is 557 g/mol. The molecule has 0 bridgehead atoms. The molecule has 4 aromatic rings. The fraction of sp³-hybridized carbons (Fsp3) is 0.423. The van der Waals surface area contributed by atoms with Gasteiger partial charge in [0.05, 0.1) is 30.5 Å². The Morgan fingerprint density at radius 2 is 2.00 bits per heavy atom. The zero-order valence-electron chi connectivity index (χ0n) is 21.4. The number of carbonyl (C=O) groups is 1. The Morgan fingerprint density at radius 3 is 2.73 bits per heavy atom. The van der Waals surface area contributed by atoms with E-state index in [-0.39, 0.29) is 38.1 Å². The molecule has 3 aromatic heterocycles. The second-order valence-electron chi connectivity index (χ2n) is 10.3. The van der Waals surface area contributed by atoms with Crippen LogP contribution in [-0.2, 0) is 17.8 Å². The van der Waals surface area contributed by atoms with Crippen LogP contribution in [0.4, 0.5) is 18.9 Å². The number of nitrogens with one attached hydrogen (secondary N) is 1. The molecule has 1 amide bonds. The second-order valence-corrected chi connectivity index (χ2v) is 10.3. The molecule has 2 aliphatic heterocycles. The first-order valence-electron chi connectivity index (χ1n) is 13.0. The van der Waals surface area contributed by atoms with Crippen LogP contribution < -0.4 is 10.9 Å². The topological polar surface area (TPSA) is 123 Å². The second kappa shape index (κ2) is 10.1. The van der Waals surface area contributed by atoms with Crippen LogP contribution in [0, 0.1) is 5.95 Å². The maximum Gasteiger partial charge on any atom is 0.296 e. The molecule has 1 saturated heterocycles. The average Bonchev–Trinajstić information content (AvgIpc) is 3.68. The highest BCUT2D eigenvalue weighted by molar-refractivity contribution is 5.77. The molecule has 0 aliphatic carbocycles. The third kappa shape index (κ3) is 4.83. The van der Waals surface area contributed by atoms with Gasteiger partial charge in [0.15, 0.2) is 0 Å². The van der Waals surface area contributed by atoms with Crippen molar-refractivity contribution in [1.29, 1.82) is 0 Å². The summed E-state index contributed by atoms with van der Waals surface area (Å²) < 4.78 is 43.8. The highest BCUT2D eigenvalue weighted by atomic mass is 19.3. The third-order valence-corrected chi connectivity index (χ3v) is 7.71. The quantitative estimate of drug-likeness (QED) is 0.358. The lowest BCUT2D eigenvalue weighted by atomic mass is 9.91. The van der Waals surface area contributed by atoms with Crippen LogP contribution in [0.3, 0.4) is 0 Å². The van der Waals surface area contributed by atoms with Crippen LogP contribution in [0.2, 0.25) is 0 Å². The monoisotopic (exact) mass is 556 g/mol. The van der Waals surface area contributed by atoms with E-state index in [0.717, 1.165) is 41.2 Å². The Morgan fingerprint density at radius 1 is 1.20 bits per heavy atom. The lowest BCUT2D eigenvalue weighted by molar-refractivity contribution is -0.138. The van der Waals surface area contributed by atoms with Gasteiger partial charge in [0.2, 0.25) is 17.5 Å². The summed E-state index contributed by atoms with van der Waals surface area (Å²) >= 11 is 0. The minimum Gasteiger partial charge on any atom is -0.388 e. The fourth-order valence-corrected chi connectivity index (χ4v) is 5.42. The zero-order chi connectivity index (χ0) is 28.0. The molecule has 6 rings (SSSR count). The van der Waals surface area contributed by atoms with Crippen molar-refractivity contribution < 1.29 is 23.1 Å². The number of nitrogens with zero attached hydrogens (tertiary/aromatic N) is 7. The van der Waals surface area contributed by atoms with Crippen LogP contribution in [0.5, 0.6) is 0 Å².